The van der Waals surface area contributed by atoms with Crippen molar-refractivity contribution in [3.63, 3.8) is 0 Å². The Morgan fingerprint density at radius 3 is 3.00 bits per heavy atom. The number of hydrogen-bond acceptors (Lipinski definition) is 3. The SMILES string of the molecule is CC(C)(CO)CCCNC(=O)NC1CCSc2ccc(F)cc21. The molecule has 0 saturated heterocycles. The molecule has 1 heterocycles. The third-order valence-electron chi connectivity index (χ3n) is 4.06. The van der Waals surface area contributed by atoms with Gasteiger partial charge in [-0.25, -0.2) is 9.18 Å². The molecule has 0 aromatic heterocycles. The molecule has 1 unspecified atom stereocenters. The molecule has 23 heavy (non-hydrogen) atoms. The molecule has 1 aromatic carbocycles. The molecule has 1 aromatic rings. The van der Waals surface area contributed by atoms with E-state index in [0.29, 0.717) is 6.54 Å². The molecule has 1 aliphatic heterocycles. The summed E-state index contributed by atoms with van der Waals surface area (Å²) in [5.74, 6) is 0.638. The standard InChI is InChI=1S/C17H25FN2O2S/c1-17(2,11-21)7-3-8-19-16(22)20-14-6-9-23-15-5-4-12(18)10-13(14)15/h4-5,10,14,21H,3,6-9,11H2,1-2H3,(H2,19,20,22). The lowest BCUT2D eigenvalue weighted by atomic mass is 9.89. The van der Waals surface area contributed by atoms with Crippen LogP contribution in [0, 0.1) is 11.2 Å². The topological polar surface area (TPSA) is 61.4 Å². The van der Waals surface area contributed by atoms with Gasteiger partial charge in [-0.05, 0) is 48.4 Å². The predicted molar refractivity (Wildman–Crippen MR) is 91.1 cm³/mol. The molecule has 1 aliphatic rings. The zero-order valence-corrected chi connectivity index (χ0v) is 14.5. The van der Waals surface area contributed by atoms with Gasteiger partial charge in [0.2, 0.25) is 0 Å². The summed E-state index contributed by atoms with van der Waals surface area (Å²) in [5.41, 5.74) is 0.743. The molecule has 0 radical (unpaired) electrons. The maximum atomic E-state index is 13.4. The number of halogens is 1. The van der Waals surface area contributed by atoms with E-state index in [-0.39, 0.29) is 29.9 Å². The zero-order valence-electron chi connectivity index (χ0n) is 13.7. The Hall–Kier alpha value is -1.27. The van der Waals surface area contributed by atoms with Crippen LogP contribution in [0.25, 0.3) is 0 Å². The van der Waals surface area contributed by atoms with Crippen LogP contribution in [0.2, 0.25) is 0 Å². The lowest BCUT2D eigenvalue weighted by molar-refractivity contribution is 0.148. The highest BCUT2D eigenvalue weighted by atomic mass is 32.2. The lowest BCUT2D eigenvalue weighted by Crippen LogP contribution is -2.39. The van der Waals surface area contributed by atoms with Crippen molar-refractivity contribution < 1.29 is 14.3 Å². The van der Waals surface area contributed by atoms with Crippen molar-refractivity contribution in [2.24, 2.45) is 5.41 Å². The van der Waals surface area contributed by atoms with Crippen LogP contribution in [0.5, 0.6) is 0 Å². The van der Waals surface area contributed by atoms with Gasteiger partial charge in [0.15, 0.2) is 0 Å². The number of carbonyl (C=O) groups is 1. The van der Waals surface area contributed by atoms with Crippen molar-refractivity contribution >= 4 is 17.8 Å². The van der Waals surface area contributed by atoms with E-state index >= 15 is 0 Å². The lowest BCUT2D eigenvalue weighted by Gasteiger charge is -2.26. The summed E-state index contributed by atoms with van der Waals surface area (Å²) in [7, 11) is 0. The highest BCUT2D eigenvalue weighted by molar-refractivity contribution is 7.99. The first-order valence-corrected chi connectivity index (χ1v) is 8.97. The third-order valence-corrected chi connectivity index (χ3v) is 5.18. The van der Waals surface area contributed by atoms with Gasteiger partial charge in [-0.1, -0.05) is 13.8 Å². The van der Waals surface area contributed by atoms with E-state index in [4.69, 9.17) is 0 Å². The molecule has 3 N–H and O–H groups in total. The quantitative estimate of drug-likeness (QED) is 0.695. The minimum absolute atomic E-state index is 0.116. The Labute approximate surface area is 141 Å². The Morgan fingerprint density at radius 2 is 2.26 bits per heavy atom. The van der Waals surface area contributed by atoms with Gasteiger partial charge >= 0.3 is 6.03 Å². The van der Waals surface area contributed by atoms with Crippen LogP contribution in [0.3, 0.4) is 0 Å². The highest BCUT2D eigenvalue weighted by Gasteiger charge is 2.23. The van der Waals surface area contributed by atoms with Crippen LogP contribution in [0.1, 0.15) is 44.7 Å². The van der Waals surface area contributed by atoms with E-state index in [2.05, 4.69) is 10.6 Å². The number of fused-ring (bicyclic) bond motifs is 1. The first kappa shape index (κ1) is 18.1. The first-order chi connectivity index (χ1) is 10.9. The highest BCUT2D eigenvalue weighted by Crippen LogP contribution is 2.36. The summed E-state index contributed by atoms with van der Waals surface area (Å²) in [6.45, 7) is 4.70. The molecular weight excluding hydrogens is 315 g/mol. The van der Waals surface area contributed by atoms with Crippen molar-refractivity contribution in [1.82, 2.24) is 10.6 Å². The molecule has 1 atom stereocenters. The van der Waals surface area contributed by atoms with Gasteiger partial charge in [-0.15, -0.1) is 11.8 Å². The molecule has 0 fully saturated rings. The zero-order chi connectivity index (χ0) is 16.9. The van der Waals surface area contributed by atoms with Gasteiger partial charge in [0.05, 0.1) is 6.04 Å². The van der Waals surface area contributed by atoms with Crippen LogP contribution >= 0.6 is 11.8 Å². The molecule has 6 heteroatoms. The van der Waals surface area contributed by atoms with E-state index in [9.17, 15) is 14.3 Å². The minimum atomic E-state index is -0.273. The molecule has 2 rings (SSSR count). The number of benzene rings is 1. The maximum Gasteiger partial charge on any atom is 0.315 e. The largest absolute Gasteiger partial charge is 0.396 e. The Morgan fingerprint density at radius 1 is 1.48 bits per heavy atom. The van der Waals surface area contributed by atoms with E-state index in [1.807, 2.05) is 13.8 Å². The van der Waals surface area contributed by atoms with Crippen molar-refractivity contribution in [2.75, 3.05) is 18.9 Å². The van der Waals surface area contributed by atoms with E-state index in [0.717, 1.165) is 35.5 Å². The first-order valence-electron chi connectivity index (χ1n) is 7.99. The summed E-state index contributed by atoms with van der Waals surface area (Å²) in [4.78, 5) is 13.1. The second-order valence-corrected chi connectivity index (χ2v) is 7.83. The summed E-state index contributed by atoms with van der Waals surface area (Å²) < 4.78 is 13.4. The minimum Gasteiger partial charge on any atom is -0.396 e. The normalized spacial score (nSPS) is 17.5. The van der Waals surface area contributed by atoms with Crippen LogP contribution in [-0.4, -0.2) is 30.0 Å². The second-order valence-electron chi connectivity index (χ2n) is 6.70. The Kier molecular flexibility index (Phi) is 6.30. The fourth-order valence-electron chi connectivity index (χ4n) is 2.57. The third kappa shape index (κ3) is 5.39. The number of amides is 2. The predicted octanol–water partition coefficient (Wildman–Crippen LogP) is 3.46. The van der Waals surface area contributed by atoms with E-state index in [1.165, 1.54) is 12.1 Å². The fourth-order valence-corrected chi connectivity index (χ4v) is 3.68. The number of rotatable bonds is 6. The smallest absolute Gasteiger partial charge is 0.315 e. The van der Waals surface area contributed by atoms with E-state index in [1.54, 1.807) is 17.8 Å². The molecule has 4 nitrogen and oxygen atoms in total. The maximum absolute atomic E-state index is 13.4. The molecular formula is C17H25FN2O2S. The second kappa shape index (κ2) is 8.02. The van der Waals surface area contributed by atoms with Crippen LogP contribution < -0.4 is 10.6 Å². The average molecular weight is 340 g/mol. The van der Waals surface area contributed by atoms with E-state index < -0.39 is 0 Å². The molecule has 0 spiro atoms. The summed E-state index contributed by atoms with van der Waals surface area (Å²) in [6, 6.07) is 4.38. The van der Waals surface area contributed by atoms with Gasteiger partial charge in [0.25, 0.3) is 0 Å². The number of aliphatic hydroxyl groups is 1. The Balaban J connectivity index is 1.82. The van der Waals surface area contributed by atoms with Crippen molar-refractivity contribution in [1.29, 1.82) is 0 Å². The van der Waals surface area contributed by atoms with Gasteiger partial charge in [0, 0.05) is 23.8 Å². The number of urea groups is 1. The summed E-state index contributed by atoms with van der Waals surface area (Å²) in [6.07, 6.45) is 2.46. The van der Waals surface area contributed by atoms with Gasteiger partial charge < -0.3 is 15.7 Å². The van der Waals surface area contributed by atoms with Gasteiger partial charge in [-0.3, -0.25) is 0 Å². The van der Waals surface area contributed by atoms with Gasteiger partial charge in [0.1, 0.15) is 5.82 Å². The summed E-state index contributed by atoms with van der Waals surface area (Å²) >= 11 is 1.69. The fraction of sp³-hybridized carbons (Fsp3) is 0.588. The molecule has 0 saturated carbocycles. The molecule has 2 amide bonds. The number of aliphatic hydroxyl groups excluding tert-OH is 1. The molecule has 0 aliphatic carbocycles. The average Bonchev–Trinajstić information content (AvgIpc) is 2.52. The molecule has 0 bridgehead atoms. The molecule has 128 valence electrons. The number of hydrogen-bond donors (Lipinski definition) is 3. The monoisotopic (exact) mass is 340 g/mol. The van der Waals surface area contributed by atoms with Crippen molar-refractivity contribution in [3.05, 3.63) is 29.6 Å². The van der Waals surface area contributed by atoms with Crippen LogP contribution in [-0.2, 0) is 0 Å². The van der Waals surface area contributed by atoms with Crippen molar-refractivity contribution in [2.45, 2.75) is 44.0 Å². The number of carbonyl (C=O) groups excluding carboxylic acids is 1. The van der Waals surface area contributed by atoms with Crippen molar-refractivity contribution in [3.8, 4) is 0 Å². The van der Waals surface area contributed by atoms with Crippen LogP contribution in [0.4, 0.5) is 9.18 Å². The van der Waals surface area contributed by atoms with Crippen LogP contribution in [0.15, 0.2) is 23.1 Å². The number of thioether (sulfide) groups is 1. The summed E-state index contributed by atoms with van der Waals surface area (Å²) in [5, 5.41) is 15.0. The Bertz CT molecular complexity index is 551. The number of nitrogens with one attached hydrogen (secondary N) is 2. The van der Waals surface area contributed by atoms with Gasteiger partial charge in [-0.2, -0.15) is 0 Å².